The van der Waals surface area contributed by atoms with Gasteiger partial charge < -0.3 is 9.47 Å². The van der Waals surface area contributed by atoms with E-state index in [1.54, 1.807) is 18.2 Å². The number of hydrogen-bond donors (Lipinski definition) is 2. The first-order valence-electron chi connectivity index (χ1n) is 4.80. The van der Waals surface area contributed by atoms with E-state index in [-0.39, 0.29) is 13.2 Å². The van der Waals surface area contributed by atoms with Gasteiger partial charge in [0.2, 0.25) is 0 Å². The molecular formula is C9H11ClN2O4S. The number of hydrogen-bond acceptors (Lipinski definition) is 4. The second-order valence-corrected chi connectivity index (χ2v) is 5.35. The third-order valence-electron chi connectivity index (χ3n) is 2.14. The van der Waals surface area contributed by atoms with Gasteiger partial charge in [0.15, 0.2) is 11.5 Å². The Hall–Kier alpha value is -1.02. The monoisotopic (exact) mass is 278 g/mol. The van der Waals surface area contributed by atoms with E-state index in [0.717, 1.165) is 0 Å². The van der Waals surface area contributed by atoms with Crippen LogP contribution < -0.4 is 19.3 Å². The second-order valence-electron chi connectivity index (χ2n) is 3.54. The molecule has 0 aliphatic carbocycles. The van der Waals surface area contributed by atoms with Gasteiger partial charge in [0.05, 0.1) is 6.54 Å². The molecule has 3 N–H and O–H groups in total. The Balaban J connectivity index is 2.01. The summed E-state index contributed by atoms with van der Waals surface area (Å²) in [5.74, 6) is 1.08. The Kier molecular flexibility index (Phi) is 3.43. The van der Waals surface area contributed by atoms with Crippen molar-refractivity contribution in [2.75, 3.05) is 13.2 Å². The van der Waals surface area contributed by atoms with Crippen LogP contribution in [0.2, 0.25) is 5.02 Å². The molecule has 8 heteroatoms. The van der Waals surface area contributed by atoms with Gasteiger partial charge >= 0.3 is 0 Å². The summed E-state index contributed by atoms with van der Waals surface area (Å²) in [6.07, 6.45) is -0.415. The minimum absolute atomic E-state index is 0.0564. The molecule has 0 spiro atoms. The zero-order valence-electron chi connectivity index (χ0n) is 8.72. The van der Waals surface area contributed by atoms with Crippen molar-refractivity contribution in [2.45, 2.75) is 6.10 Å². The van der Waals surface area contributed by atoms with Crippen molar-refractivity contribution in [1.29, 1.82) is 0 Å². The highest BCUT2D eigenvalue weighted by Crippen LogP contribution is 2.33. The lowest BCUT2D eigenvalue weighted by Crippen LogP contribution is -2.42. The van der Waals surface area contributed by atoms with Gasteiger partial charge in [-0.2, -0.15) is 13.1 Å². The Labute approximate surface area is 104 Å². The second kappa shape index (κ2) is 4.69. The molecule has 0 amide bonds. The van der Waals surface area contributed by atoms with E-state index >= 15 is 0 Å². The molecule has 1 atom stereocenters. The van der Waals surface area contributed by atoms with Gasteiger partial charge in [-0.1, -0.05) is 11.6 Å². The van der Waals surface area contributed by atoms with E-state index in [1.807, 2.05) is 0 Å². The fraction of sp³-hybridized carbons (Fsp3) is 0.333. The molecule has 17 heavy (non-hydrogen) atoms. The lowest BCUT2D eigenvalue weighted by Gasteiger charge is -2.26. The number of nitrogens with one attached hydrogen (secondary N) is 1. The highest BCUT2D eigenvalue weighted by atomic mass is 35.5. The summed E-state index contributed by atoms with van der Waals surface area (Å²) < 4.78 is 34.5. The van der Waals surface area contributed by atoms with Crippen molar-refractivity contribution in [3.05, 3.63) is 23.2 Å². The van der Waals surface area contributed by atoms with E-state index in [2.05, 4.69) is 4.72 Å². The predicted molar refractivity (Wildman–Crippen MR) is 62.5 cm³/mol. The molecule has 0 saturated carbocycles. The van der Waals surface area contributed by atoms with Crippen LogP contribution in [-0.2, 0) is 10.2 Å². The van der Waals surface area contributed by atoms with Crippen LogP contribution in [0.15, 0.2) is 18.2 Å². The molecule has 0 bridgehead atoms. The van der Waals surface area contributed by atoms with E-state index in [9.17, 15) is 8.42 Å². The molecule has 0 unspecified atom stereocenters. The molecule has 0 aromatic heterocycles. The predicted octanol–water partition coefficient (Wildman–Crippen LogP) is 0.273. The summed E-state index contributed by atoms with van der Waals surface area (Å²) in [6, 6.07) is 4.97. The molecule has 1 heterocycles. The standard InChI is InChI=1S/C9H11ClN2O4S/c10-6-1-2-8-9(3-6)15-5-7(16-8)4-12-17(11,13)14/h1-3,7,12H,4-5H2,(H2,11,13,14)/t7-/m1/s1. The Morgan fingerprint density at radius 2 is 2.24 bits per heavy atom. The van der Waals surface area contributed by atoms with E-state index in [4.69, 9.17) is 26.2 Å². The van der Waals surface area contributed by atoms with Crippen molar-refractivity contribution in [2.24, 2.45) is 5.14 Å². The van der Waals surface area contributed by atoms with Gasteiger partial charge in [0.1, 0.15) is 12.7 Å². The van der Waals surface area contributed by atoms with Gasteiger partial charge in [0, 0.05) is 11.1 Å². The first kappa shape index (κ1) is 12.4. The lowest BCUT2D eigenvalue weighted by molar-refractivity contribution is 0.0943. The molecule has 1 aromatic rings. The quantitative estimate of drug-likeness (QED) is 0.830. The van der Waals surface area contributed by atoms with Gasteiger partial charge in [-0.15, -0.1) is 0 Å². The summed E-state index contributed by atoms with van der Waals surface area (Å²) in [6.45, 7) is 0.288. The number of fused-ring (bicyclic) bond motifs is 1. The number of nitrogens with two attached hydrogens (primary N) is 1. The summed E-state index contributed by atoms with van der Waals surface area (Å²) in [7, 11) is -3.71. The summed E-state index contributed by atoms with van der Waals surface area (Å²) in [5, 5.41) is 5.36. The molecule has 2 rings (SSSR count). The SMILES string of the molecule is NS(=O)(=O)NC[C@@H]1COc2cc(Cl)ccc2O1. The third kappa shape index (κ3) is 3.47. The maximum Gasteiger partial charge on any atom is 0.274 e. The average molecular weight is 279 g/mol. The molecule has 6 nitrogen and oxygen atoms in total. The smallest absolute Gasteiger partial charge is 0.274 e. The molecule has 1 aliphatic heterocycles. The summed E-state index contributed by atoms with van der Waals surface area (Å²) >= 11 is 5.79. The van der Waals surface area contributed by atoms with Gasteiger partial charge in [0.25, 0.3) is 10.2 Å². The molecule has 0 radical (unpaired) electrons. The Morgan fingerprint density at radius 3 is 2.94 bits per heavy atom. The minimum atomic E-state index is -3.71. The van der Waals surface area contributed by atoms with Crippen molar-refractivity contribution in [3.63, 3.8) is 0 Å². The van der Waals surface area contributed by atoms with Gasteiger partial charge in [-0.25, -0.2) is 5.14 Å². The summed E-state index contributed by atoms with van der Waals surface area (Å²) in [5.41, 5.74) is 0. The molecule has 0 fully saturated rings. The molecule has 94 valence electrons. The van der Waals surface area contributed by atoms with Crippen LogP contribution >= 0.6 is 11.6 Å². The normalized spacial score (nSPS) is 19.1. The molecule has 1 aromatic carbocycles. The fourth-order valence-electron chi connectivity index (χ4n) is 1.40. The molecule has 1 aliphatic rings. The van der Waals surface area contributed by atoms with Crippen molar-refractivity contribution >= 4 is 21.8 Å². The van der Waals surface area contributed by atoms with Crippen molar-refractivity contribution in [1.82, 2.24) is 4.72 Å². The third-order valence-corrected chi connectivity index (χ3v) is 2.94. The van der Waals surface area contributed by atoms with Crippen LogP contribution in [-0.4, -0.2) is 27.7 Å². The van der Waals surface area contributed by atoms with Crippen molar-refractivity contribution in [3.8, 4) is 11.5 Å². The highest BCUT2D eigenvalue weighted by molar-refractivity contribution is 7.87. The molecular weight excluding hydrogens is 268 g/mol. The van der Waals surface area contributed by atoms with Gasteiger partial charge in [-0.3, -0.25) is 0 Å². The maximum atomic E-state index is 10.7. The highest BCUT2D eigenvalue weighted by Gasteiger charge is 2.22. The first-order chi connectivity index (χ1) is 7.94. The first-order valence-corrected chi connectivity index (χ1v) is 6.73. The van der Waals surface area contributed by atoms with Crippen LogP contribution in [0, 0.1) is 0 Å². The fourth-order valence-corrected chi connectivity index (χ4v) is 1.98. The summed E-state index contributed by atoms with van der Waals surface area (Å²) in [4.78, 5) is 0. The number of halogens is 1. The Morgan fingerprint density at radius 1 is 1.47 bits per heavy atom. The zero-order chi connectivity index (χ0) is 12.5. The Bertz CT molecular complexity index is 520. The lowest BCUT2D eigenvalue weighted by atomic mass is 10.2. The minimum Gasteiger partial charge on any atom is -0.486 e. The maximum absolute atomic E-state index is 10.7. The van der Waals surface area contributed by atoms with Gasteiger partial charge in [-0.05, 0) is 12.1 Å². The number of ether oxygens (including phenoxy) is 2. The number of benzene rings is 1. The molecule has 0 saturated heterocycles. The van der Waals surface area contributed by atoms with Crippen LogP contribution in [0.25, 0.3) is 0 Å². The number of rotatable bonds is 3. The van der Waals surface area contributed by atoms with Crippen molar-refractivity contribution < 1.29 is 17.9 Å². The average Bonchev–Trinajstić information content (AvgIpc) is 2.25. The van der Waals surface area contributed by atoms with Crippen LogP contribution in [0.4, 0.5) is 0 Å². The zero-order valence-corrected chi connectivity index (χ0v) is 10.3. The van der Waals surface area contributed by atoms with Crippen LogP contribution in [0.5, 0.6) is 11.5 Å². The largest absolute Gasteiger partial charge is 0.486 e. The van der Waals surface area contributed by atoms with Crippen LogP contribution in [0.1, 0.15) is 0 Å². The van der Waals surface area contributed by atoms with Crippen LogP contribution in [0.3, 0.4) is 0 Å². The van der Waals surface area contributed by atoms with E-state index in [1.165, 1.54) is 0 Å². The van der Waals surface area contributed by atoms with E-state index < -0.39 is 16.3 Å². The van der Waals surface area contributed by atoms with E-state index in [0.29, 0.717) is 16.5 Å². The topological polar surface area (TPSA) is 90.7 Å².